The molecule has 0 saturated carbocycles. The van der Waals surface area contributed by atoms with Crippen molar-refractivity contribution in [2.75, 3.05) is 12.3 Å². The summed E-state index contributed by atoms with van der Waals surface area (Å²) in [6.07, 6.45) is -1.71. The van der Waals surface area contributed by atoms with E-state index in [9.17, 15) is 13.2 Å². The van der Waals surface area contributed by atoms with Crippen molar-refractivity contribution in [1.29, 1.82) is 0 Å². The Balaban J connectivity index is 4.24. The normalized spacial score (nSPS) is 14.9. The quantitative estimate of drug-likeness (QED) is 0.594. The predicted octanol–water partition coefficient (Wildman–Crippen LogP) is -0.603. The number of nitrogens with one attached hydrogen (secondary N) is 1. The molecule has 90 valence electrons. The van der Waals surface area contributed by atoms with Gasteiger partial charge in [-0.1, -0.05) is 20.8 Å². The molecule has 0 spiro atoms. The number of aliphatic carboxylic acids is 1. The molecule has 0 unspecified atom stereocenters. The molecule has 0 aromatic rings. The molecular weight excluding hydrogens is 222 g/mol. The lowest BCUT2D eigenvalue weighted by atomic mass is 10.0. The Morgan fingerprint density at radius 2 is 1.87 bits per heavy atom. The number of carbonyl (C=O) groups is 1. The second-order valence-corrected chi connectivity index (χ2v) is 6.33. The van der Waals surface area contributed by atoms with Gasteiger partial charge in [-0.25, -0.2) is 17.9 Å². The average molecular weight is 239 g/mol. The van der Waals surface area contributed by atoms with Crippen molar-refractivity contribution in [3.05, 3.63) is 0 Å². The molecule has 0 aromatic heterocycles. The van der Waals surface area contributed by atoms with Crippen LogP contribution in [0.5, 0.6) is 0 Å². The molecule has 0 saturated heterocycles. The molecule has 15 heavy (non-hydrogen) atoms. The maximum absolute atomic E-state index is 11.4. The number of carboxylic acids is 1. The van der Waals surface area contributed by atoms with Gasteiger partial charge in [-0.2, -0.15) is 0 Å². The van der Waals surface area contributed by atoms with Gasteiger partial charge in [0.05, 0.1) is 5.75 Å². The molecule has 6 nitrogen and oxygen atoms in total. The van der Waals surface area contributed by atoms with E-state index in [2.05, 4.69) is 0 Å². The fraction of sp³-hybridized carbons (Fsp3) is 0.875. The fourth-order valence-corrected chi connectivity index (χ4v) is 2.57. The van der Waals surface area contributed by atoms with Crippen LogP contribution in [-0.4, -0.2) is 43.0 Å². The Morgan fingerprint density at radius 3 is 2.20 bits per heavy atom. The second kappa shape index (κ2) is 4.91. The van der Waals surface area contributed by atoms with E-state index in [0.29, 0.717) is 0 Å². The molecule has 0 heterocycles. The Bertz CT molecular complexity index is 316. The van der Waals surface area contributed by atoms with Gasteiger partial charge in [0.1, 0.15) is 0 Å². The molecule has 0 amide bonds. The van der Waals surface area contributed by atoms with Crippen molar-refractivity contribution in [3.8, 4) is 0 Å². The number of hydrogen-bond acceptors (Lipinski definition) is 4. The van der Waals surface area contributed by atoms with Gasteiger partial charge < -0.3 is 10.2 Å². The largest absolute Gasteiger partial charge is 0.479 e. The summed E-state index contributed by atoms with van der Waals surface area (Å²) in [5.74, 6) is -1.57. The molecule has 1 atom stereocenters. The Morgan fingerprint density at radius 1 is 1.40 bits per heavy atom. The van der Waals surface area contributed by atoms with Gasteiger partial charge in [0.25, 0.3) is 0 Å². The third-order valence-corrected chi connectivity index (χ3v) is 3.26. The van der Waals surface area contributed by atoms with E-state index in [1.54, 1.807) is 20.8 Å². The van der Waals surface area contributed by atoms with Crippen LogP contribution in [0.25, 0.3) is 0 Å². The summed E-state index contributed by atoms with van der Waals surface area (Å²) >= 11 is 0. The molecule has 0 rings (SSSR count). The molecule has 3 N–H and O–H groups in total. The van der Waals surface area contributed by atoms with E-state index < -0.39 is 34.1 Å². The standard InChI is InChI=1S/C8H17NO5S/c1-8(2,3)5-15(13,14)9-4-6(10)7(11)12/h6,9-10H,4-5H2,1-3H3,(H,11,12)/t6-/m0/s1. The lowest BCUT2D eigenvalue weighted by molar-refractivity contribution is -0.146. The van der Waals surface area contributed by atoms with Crippen LogP contribution in [0.15, 0.2) is 0 Å². The summed E-state index contributed by atoms with van der Waals surface area (Å²) in [7, 11) is -3.54. The maximum Gasteiger partial charge on any atom is 0.333 e. The van der Waals surface area contributed by atoms with Gasteiger partial charge in [0.15, 0.2) is 6.10 Å². The van der Waals surface area contributed by atoms with Crippen molar-refractivity contribution in [3.63, 3.8) is 0 Å². The molecular formula is C8H17NO5S. The van der Waals surface area contributed by atoms with Crippen LogP contribution >= 0.6 is 0 Å². The van der Waals surface area contributed by atoms with Crippen LogP contribution in [0.4, 0.5) is 0 Å². The van der Waals surface area contributed by atoms with Gasteiger partial charge in [0.2, 0.25) is 10.0 Å². The highest BCUT2D eigenvalue weighted by Crippen LogP contribution is 2.15. The van der Waals surface area contributed by atoms with Crippen LogP contribution in [0, 0.1) is 5.41 Å². The van der Waals surface area contributed by atoms with Crippen molar-refractivity contribution >= 4 is 16.0 Å². The van der Waals surface area contributed by atoms with E-state index in [4.69, 9.17) is 10.2 Å². The highest BCUT2D eigenvalue weighted by Gasteiger charge is 2.23. The molecule has 0 aliphatic rings. The number of aliphatic hydroxyl groups excluding tert-OH is 1. The Labute approximate surface area is 89.4 Å². The predicted molar refractivity (Wildman–Crippen MR) is 54.9 cm³/mol. The zero-order valence-electron chi connectivity index (χ0n) is 9.02. The van der Waals surface area contributed by atoms with E-state index in [1.807, 2.05) is 4.72 Å². The van der Waals surface area contributed by atoms with Gasteiger partial charge in [-0.05, 0) is 5.41 Å². The number of sulfonamides is 1. The number of rotatable bonds is 5. The summed E-state index contributed by atoms with van der Waals surface area (Å²) in [5, 5.41) is 17.2. The lowest BCUT2D eigenvalue weighted by Crippen LogP contribution is -2.39. The highest BCUT2D eigenvalue weighted by molar-refractivity contribution is 7.89. The van der Waals surface area contributed by atoms with E-state index in [0.717, 1.165) is 0 Å². The first-order valence-electron chi connectivity index (χ1n) is 4.42. The van der Waals surface area contributed by atoms with E-state index in [1.165, 1.54) is 0 Å². The zero-order chi connectivity index (χ0) is 12.3. The lowest BCUT2D eigenvalue weighted by Gasteiger charge is -2.18. The third-order valence-electron chi connectivity index (χ3n) is 1.40. The highest BCUT2D eigenvalue weighted by atomic mass is 32.2. The first-order chi connectivity index (χ1) is 6.53. The zero-order valence-corrected chi connectivity index (χ0v) is 9.84. The SMILES string of the molecule is CC(C)(C)CS(=O)(=O)NC[C@H](O)C(=O)O. The first kappa shape index (κ1) is 14.3. The topological polar surface area (TPSA) is 104 Å². The van der Waals surface area contributed by atoms with E-state index in [-0.39, 0.29) is 5.75 Å². The minimum Gasteiger partial charge on any atom is -0.479 e. The molecule has 0 fully saturated rings. The van der Waals surface area contributed by atoms with Gasteiger partial charge in [-0.3, -0.25) is 0 Å². The van der Waals surface area contributed by atoms with Crippen LogP contribution < -0.4 is 4.72 Å². The molecule has 7 heteroatoms. The first-order valence-corrected chi connectivity index (χ1v) is 6.07. The van der Waals surface area contributed by atoms with Crippen molar-refractivity contribution < 1.29 is 23.4 Å². The van der Waals surface area contributed by atoms with Gasteiger partial charge in [0, 0.05) is 6.54 Å². The molecule has 0 bridgehead atoms. The van der Waals surface area contributed by atoms with Crippen LogP contribution in [0.3, 0.4) is 0 Å². The average Bonchev–Trinajstić information content (AvgIpc) is 1.95. The van der Waals surface area contributed by atoms with Crippen molar-refractivity contribution in [2.45, 2.75) is 26.9 Å². The summed E-state index contributed by atoms with van der Waals surface area (Å²) in [4.78, 5) is 10.2. The summed E-state index contributed by atoms with van der Waals surface area (Å²) in [6.45, 7) is 4.74. The monoisotopic (exact) mass is 239 g/mol. The minimum absolute atomic E-state index is 0.119. The van der Waals surface area contributed by atoms with Gasteiger partial charge in [-0.15, -0.1) is 0 Å². The number of hydrogen-bond donors (Lipinski definition) is 3. The molecule has 0 aliphatic carbocycles. The second-order valence-electron chi connectivity index (χ2n) is 4.52. The number of carboxylic acid groups (broad SMARTS) is 1. The van der Waals surface area contributed by atoms with Crippen LogP contribution in [0.2, 0.25) is 0 Å². The molecule has 0 aromatic carbocycles. The van der Waals surface area contributed by atoms with Crippen molar-refractivity contribution in [2.24, 2.45) is 5.41 Å². The fourth-order valence-electron chi connectivity index (χ4n) is 0.914. The summed E-state index contributed by atoms with van der Waals surface area (Å²) < 4.78 is 24.8. The summed E-state index contributed by atoms with van der Waals surface area (Å²) in [5.41, 5.74) is -0.417. The minimum atomic E-state index is -3.54. The smallest absolute Gasteiger partial charge is 0.333 e. The van der Waals surface area contributed by atoms with Crippen LogP contribution in [-0.2, 0) is 14.8 Å². The Kier molecular flexibility index (Phi) is 4.69. The summed E-state index contributed by atoms with van der Waals surface area (Å²) in [6, 6.07) is 0. The third kappa shape index (κ3) is 7.29. The number of aliphatic hydroxyl groups is 1. The molecule has 0 radical (unpaired) electrons. The Hall–Kier alpha value is -0.660. The molecule has 0 aliphatic heterocycles. The van der Waals surface area contributed by atoms with Crippen molar-refractivity contribution in [1.82, 2.24) is 4.72 Å². The maximum atomic E-state index is 11.4. The van der Waals surface area contributed by atoms with Gasteiger partial charge >= 0.3 is 5.97 Å². The van der Waals surface area contributed by atoms with Crippen LogP contribution in [0.1, 0.15) is 20.8 Å². The van der Waals surface area contributed by atoms with E-state index >= 15 is 0 Å².